The Labute approximate surface area is 90.0 Å². The van der Waals surface area contributed by atoms with Crippen molar-refractivity contribution in [3.8, 4) is 5.75 Å². The van der Waals surface area contributed by atoms with E-state index in [0.717, 1.165) is 0 Å². The summed E-state index contributed by atoms with van der Waals surface area (Å²) < 4.78 is 19.0. The highest BCUT2D eigenvalue weighted by molar-refractivity contribution is 9.10. The third-order valence-electron chi connectivity index (χ3n) is 1.32. The molecule has 0 atom stereocenters. The fourth-order valence-electron chi connectivity index (χ4n) is 0.877. The zero-order chi connectivity index (χ0) is 10.0. The van der Waals surface area contributed by atoms with E-state index in [9.17, 15) is 4.39 Å². The molecule has 0 radical (unpaired) electrons. The van der Waals surface area contributed by atoms with Crippen molar-refractivity contribution in [3.05, 3.63) is 27.4 Å². The second-order valence-electron chi connectivity index (χ2n) is 2.87. The first kappa shape index (κ1) is 10.8. The van der Waals surface area contributed by atoms with Crippen LogP contribution in [0.25, 0.3) is 0 Å². The van der Waals surface area contributed by atoms with Gasteiger partial charge in [-0.05, 0) is 26.0 Å². The summed E-state index contributed by atoms with van der Waals surface area (Å²) in [6.45, 7) is 3.63. The van der Waals surface area contributed by atoms with Crippen molar-refractivity contribution in [2.75, 3.05) is 0 Å². The first-order valence-electron chi connectivity index (χ1n) is 3.82. The molecule has 0 saturated carbocycles. The van der Waals surface area contributed by atoms with Crippen molar-refractivity contribution in [1.82, 2.24) is 0 Å². The van der Waals surface area contributed by atoms with Crippen LogP contribution >= 0.6 is 27.5 Å². The molecular formula is C9H9BrClFO. The monoisotopic (exact) mass is 266 g/mol. The lowest BCUT2D eigenvalue weighted by Crippen LogP contribution is -2.07. The Morgan fingerprint density at radius 3 is 2.54 bits per heavy atom. The molecule has 0 heterocycles. The first-order chi connectivity index (χ1) is 6.00. The highest BCUT2D eigenvalue weighted by atomic mass is 79.9. The minimum absolute atomic E-state index is 0.0897. The van der Waals surface area contributed by atoms with Gasteiger partial charge in [0.05, 0.1) is 11.1 Å². The fourth-order valence-corrected chi connectivity index (χ4v) is 1.69. The average molecular weight is 268 g/mol. The lowest BCUT2D eigenvalue weighted by atomic mass is 10.3. The SMILES string of the molecule is CC(C)Oc1c(F)cc(Br)cc1Cl. The molecule has 0 aliphatic carbocycles. The van der Waals surface area contributed by atoms with Gasteiger partial charge in [-0.1, -0.05) is 27.5 Å². The summed E-state index contributed by atoms with van der Waals surface area (Å²) in [5.41, 5.74) is 0. The Morgan fingerprint density at radius 2 is 2.08 bits per heavy atom. The molecule has 1 aromatic carbocycles. The third kappa shape index (κ3) is 2.85. The van der Waals surface area contributed by atoms with Crippen LogP contribution in [0.4, 0.5) is 4.39 Å². The van der Waals surface area contributed by atoms with Crippen LogP contribution in [0.2, 0.25) is 5.02 Å². The first-order valence-corrected chi connectivity index (χ1v) is 4.99. The highest BCUT2D eigenvalue weighted by Gasteiger charge is 2.11. The fraction of sp³-hybridized carbons (Fsp3) is 0.333. The predicted octanol–water partition coefficient (Wildman–Crippen LogP) is 4.03. The van der Waals surface area contributed by atoms with Crippen molar-refractivity contribution < 1.29 is 9.13 Å². The summed E-state index contributed by atoms with van der Waals surface area (Å²) in [6.07, 6.45) is -0.0897. The maximum atomic E-state index is 13.2. The molecule has 0 fully saturated rings. The van der Waals surface area contributed by atoms with E-state index in [1.807, 2.05) is 13.8 Å². The summed E-state index contributed by atoms with van der Waals surface area (Å²) in [4.78, 5) is 0. The van der Waals surface area contributed by atoms with E-state index in [2.05, 4.69) is 15.9 Å². The van der Waals surface area contributed by atoms with Crippen LogP contribution in [-0.2, 0) is 0 Å². The molecule has 0 aliphatic rings. The highest BCUT2D eigenvalue weighted by Crippen LogP contribution is 2.31. The Bertz CT molecular complexity index is 291. The minimum Gasteiger partial charge on any atom is -0.486 e. The van der Waals surface area contributed by atoms with Crippen LogP contribution < -0.4 is 4.74 Å². The summed E-state index contributed by atoms with van der Waals surface area (Å²) in [7, 11) is 0. The van der Waals surface area contributed by atoms with E-state index in [1.54, 1.807) is 6.07 Å². The summed E-state index contributed by atoms with van der Waals surface area (Å²) in [5.74, 6) is -0.340. The van der Waals surface area contributed by atoms with Crippen molar-refractivity contribution in [1.29, 1.82) is 0 Å². The van der Waals surface area contributed by atoms with E-state index in [1.165, 1.54) is 6.07 Å². The van der Waals surface area contributed by atoms with E-state index in [0.29, 0.717) is 4.47 Å². The van der Waals surface area contributed by atoms with Gasteiger partial charge in [-0.15, -0.1) is 0 Å². The molecule has 1 rings (SSSR count). The molecule has 0 unspecified atom stereocenters. The van der Waals surface area contributed by atoms with Crippen LogP contribution in [0, 0.1) is 5.82 Å². The van der Waals surface area contributed by atoms with Crippen molar-refractivity contribution in [2.24, 2.45) is 0 Å². The van der Waals surface area contributed by atoms with Crippen molar-refractivity contribution in [2.45, 2.75) is 20.0 Å². The van der Waals surface area contributed by atoms with Crippen LogP contribution in [0.3, 0.4) is 0 Å². The van der Waals surface area contributed by atoms with Crippen LogP contribution in [-0.4, -0.2) is 6.10 Å². The van der Waals surface area contributed by atoms with Gasteiger partial charge in [0.15, 0.2) is 11.6 Å². The van der Waals surface area contributed by atoms with Gasteiger partial charge in [0.1, 0.15) is 0 Å². The molecule has 0 bridgehead atoms. The second kappa shape index (κ2) is 4.29. The zero-order valence-electron chi connectivity index (χ0n) is 7.27. The smallest absolute Gasteiger partial charge is 0.173 e. The molecular weight excluding hydrogens is 258 g/mol. The molecule has 0 aromatic heterocycles. The topological polar surface area (TPSA) is 9.23 Å². The third-order valence-corrected chi connectivity index (χ3v) is 2.06. The molecule has 0 aliphatic heterocycles. The van der Waals surface area contributed by atoms with Gasteiger partial charge in [-0.3, -0.25) is 0 Å². The lowest BCUT2D eigenvalue weighted by molar-refractivity contribution is 0.231. The molecule has 0 spiro atoms. The quantitative estimate of drug-likeness (QED) is 0.786. The molecule has 1 nitrogen and oxygen atoms in total. The molecule has 1 aromatic rings. The zero-order valence-corrected chi connectivity index (χ0v) is 9.62. The van der Waals surface area contributed by atoms with Crippen molar-refractivity contribution >= 4 is 27.5 Å². The Hall–Kier alpha value is -0.280. The maximum Gasteiger partial charge on any atom is 0.173 e. The summed E-state index contributed by atoms with van der Waals surface area (Å²) in [5, 5.41) is 0.278. The van der Waals surface area contributed by atoms with Crippen LogP contribution in [0.5, 0.6) is 5.75 Å². The summed E-state index contributed by atoms with van der Waals surface area (Å²) in [6, 6.07) is 2.92. The van der Waals surface area contributed by atoms with Crippen LogP contribution in [0.1, 0.15) is 13.8 Å². The van der Waals surface area contributed by atoms with Gasteiger partial charge >= 0.3 is 0 Å². The van der Waals surface area contributed by atoms with Gasteiger partial charge in [0.25, 0.3) is 0 Å². The van der Waals surface area contributed by atoms with Crippen LogP contribution in [0.15, 0.2) is 16.6 Å². The van der Waals surface area contributed by atoms with Gasteiger partial charge < -0.3 is 4.74 Å². The molecule has 0 saturated heterocycles. The predicted molar refractivity (Wildman–Crippen MR) is 54.9 cm³/mol. The van der Waals surface area contributed by atoms with E-state index >= 15 is 0 Å². The number of benzene rings is 1. The van der Waals surface area contributed by atoms with Gasteiger partial charge in [0, 0.05) is 4.47 Å². The Morgan fingerprint density at radius 1 is 1.46 bits per heavy atom. The standard InChI is InChI=1S/C9H9BrClFO/c1-5(2)13-9-7(11)3-6(10)4-8(9)12/h3-5H,1-2H3. The molecule has 0 amide bonds. The number of rotatable bonds is 2. The number of halogens is 3. The minimum atomic E-state index is -0.451. The largest absolute Gasteiger partial charge is 0.486 e. The average Bonchev–Trinajstić information content (AvgIpc) is 1.96. The molecule has 72 valence electrons. The lowest BCUT2D eigenvalue weighted by Gasteiger charge is -2.12. The Balaban J connectivity index is 3.06. The van der Waals surface area contributed by atoms with Gasteiger partial charge in [-0.2, -0.15) is 0 Å². The van der Waals surface area contributed by atoms with E-state index in [4.69, 9.17) is 16.3 Å². The maximum absolute atomic E-state index is 13.2. The van der Waals surface area contributed by atoms with E-state index in [-0.39, 0.29) is 16.9 Å². The summed E-state index contributed by atoms with van der Waals surface area (Å²) >= 11 is 8.92. The van der Waals surface area contributed by atoms with Crippen molar-refractivity contribution in [3.63, 3.8) is 0 Å². The van der Waals surface area contributed by atoms with E-state index < -0.39 is 5.82 Å². The van der Waals surface area contributed by atoms with Gasteiger partial charge in [-0.25, -0.2) is 4.39 Å². The number of hydrogen-bond acceptors (Lipinski definition) is 1. The number of ether oxygens (including phenoxy) is 1. The molecule has 0 N–H and O–H groups in total. The normalized spacial score (nSPS) is 10.6. The molecule has 13 heavy (non-hydrogen) atoms. The number of hydrogen-bond donors (Lipinski definition) is 0. The molecule has 4 heteroatoms. The van der Waals surface area contributed by atoms with Gasteiger partial charge in [0.2, 0.25) is 0 Å². The second-order valence-corrected chi connectivity index (χ2v) is 4.19. The Kier molecular flexibility index (Phi) is 3.56.